The Hall–Kier alpha value is -0.830. The van der Waals surface area contributed by atoms with Crippen LogP contribution in [0.1, 0.15) is 37.7 Å². The summed E-state index contributed by atoms with van der Waals surface area (Å²) in [5.74, 6) is 1.63. The molecular weight excluding hydrogens is 495 g/mol. The topological polar surface area (TPSA) is 56.7 Å². The maximum atomic E-state index is 11.8. The second-order valence-corrected chi connectivity index (χ2v) is 7.46. The second-order valence-electron chi connectivity index (χ2n) is 6.54. The summed E-state index contributed by atoms with van der Waals surface area (Å²) in [7, 11) is 1.80. The van der Waals surface area contributed by atoms with E-state index in [1.54, 1.807) is 7.05 Å². The molecule has 2 fully saturated rings. The number of halogens is 2. The molecule has 0 aromatic heterocycles. The van der Waals surface area contributed by atoms with Crippen molar-refractivity contribution in [1.82, 2.24) is 15.5 Å². The zero-order valence-electron chi connectivity index (χ0n) is 14.7. The zero-order chi connectivity index (χ0) is 17.1. The lowest BCUT2D eigenvalue weighted by atomic mass is 10.1. The van der Waals surface area contributed by atoms with Crippen LogP contribution < -0.4 is 10.6 Å². The van der Waals surface area contributed by atoms with Gasteiger partial charge in [-0.2, -0.15) is 0 Å². The lowest BCUT2D eigenvalue weighted by Gasteiger charge is -2.18. The number of guanidine groups is 1. The molecule has 3 unspecified atom stereocenters. The van der Waals surface area contributed by atoms with Crippen LogP contribution in [0.5, 0.6) is 0 Å². The summed E-state index contributed by atoms with van der Waals surface area (Å²) in [4.78, 5) is 18.1. The van der Waals surface area contributed by atoms with E-state index in [0.29, 0.717) is 18.4 Å². The Morgan fingerprint density at radius 2 is 2.04 bits per heavy atom. The van der Waals surface area contributed by atoms with Crippen molar-refractivity contribution < 1.29 is 4.79 Å². The lowest BCUT2D eigenvalue weighted by molar-refractivity contribution is -0.129. The normalized spacial score (nSPS) is 25.3. The molecule has 1 aromatic carbocycles. The minimum Gasteiger partial charge on any atom is -0.353 e. The van der Waals surface area contributed by atoms with Crippen molar-refractivity contribution in [3.05, 3.63) is 34.3 Å². The van der Waals surface area contributed by atoms with E-state index in [4.69, 9.17) is 0 Å². The van der Waals surface area contributed by atoms with E-state index < -0.39 is 0 Å². The van der Waals surface area contributed by atoms with Crippen molar-refractivity contribution in [3.63, 3.8) is 0 Å². The van der Waals surface area contributed by atoms with E-state index in [1.165, 1.54) is 5.56 Å². The van der Waals surface area contributed by atoms with E-state index in [1.807, 2.05) is 11.8 Å². The van der Waals surface area contributed by atoms with Crippen molar-refractivity contribution in [3.8, 4) is 0 Å². The van der Waals surface area contributed by atoms with Crippen LogP contribution in [0.3, 0.4) is 0 Å². The van der Waals surface area contributed by atoms with Gasteiger partial charge in [-0.25, -0.2) is 0 Å². The van der Waals surface area contributed by atoms with Gasteiger partial charge in [0.05, 0.1) is 0 Å². The van der Waals surface area contributed by atoms with Crippen LogP contribution in [0, 0.1) is 0 Å². The average molecular weight is 521 g/mol. The first-order chi connectivity index (χ1) is 11.6. The van der Waals surface area contributed by atoms with Gasteiger partial charge in [0.1, 0.15) is 0 Å². The van der Waals surface area contributed by atoms with Gasteiger partial charge < -0.3 is 15.5 Å². The first-order valence-corrected chi connectivity index (χ1v) is 9.43. The summed E-state index contributed by atoms with van der Waals surface area (Å²) in [6, 6.07) is 9.27. The van der Waals surface area contributed by atoms with Crippen LogP contribution >= 0.6 is 39.9 Å². The standard InChI is InChI=1S/C18H25BrN4O.HI/c1-3-17(24)23-9-8-14(11-23)21-18(20-2)22-16-10-15(16)12-4-6-13(19)7-5-12;/h4-7,14-16H,3,8-11H2,1-2H3,(H2,20,21,22);1H. The monoisotopic (exact) mass is 520 g/mol. The molecular formula is C18H26BrIN4O. The Labute approximate surface area is 175 Å². The number of carbonyl (C=O) groups is 1. The number of hydrogen-bond donors (Lipinski definition) is 2. The molecule has 2 N–H and O–H groups in total. The number of amides is 1. The minimum absolute atomic E-state index is 0. The molecule has 7 heteroatoms. The molecule has 1 aromatic rings. The molecule has 25 heavy (non-hydrogen) atoms. The highest BCUT2D eigenvalue weighted by atomic mass is 127. The molecule has 1 heterocycles. The third kappa shape index (κ3) is 5.32. The number of nitrogens with zero attached hydrogens (tertiary/aromatic N) is 2. The van der Waals surface area contributed by atoms with Gasteiger partial charge in [-0.05, 0) is 30.5 Å². The van der Waals surface area contributed by atoms with E-state index in [9.17, 15) is 4.79 Å². The van der Waals surface area contributed by atoms with E-state index in [0.717, 1.165) is 36.4 Å². The molecule has 0 spiro atoms. The molecule has 3 atom stereocenters. The SMILES string of the molecule is CCC(=O)N1CCC(NC(=NC)NC2CC2c2ccc(Br)cc2)C1.I. The second kappa shape index (κ2) is 9.21. The number of likely N-dealkylation sites (tertiary alicyclic amines) is 1. The highest BCUT2D eigenvalue weighted by molar-refractivity contribution is 14.0. The minimum atomic E-state index is 0. The fourth-order valence-corrected chi connectivity index (χ4v) is 3.57. The molecule has 0 radical (unpaired) electrons. The predicted octanol–water partition coefficient (Wildman–Crippen LogP) is 3.10. The van der Waals surface area contributed by atoms with Crippen LogP contribution in [-0.4, -0.2) is 49.0 Å². The first kappa shape index (κ1) is 20.5. The summed E-state index contributed by atoms with van der Waals surface area (Å²) in [5, 5.41) is 6.98. The lowest BCUT2D eigenvalue weighted by Crippen LogP contribution is -2.46. The number of aliphatic imine (C=N–C) groups is 1. The van der Waals surface area contributed by atoms with Gasteiger partial charge in [0.2, 0.25) is 5.91 Å². The molecule has 1 aliphatic heterocycles. The molecule has 3 rings (SSSR count). The Balaban J connectivity index is 0.00000225. The summed E-state index contributed by atoms with van der Waals surface area (Å²) < 4.78 is 1.11. The predicted molar refractivity (Wildman–Crippen MR) is 116 cm³/mol. The number of rotatable bonds is 4. The number of hydrogen-bond acceptors (Lipinski definition) is 2. The van der Waals surface area contributed by atoms with Gasteiger partial charge in [0.25, 0.3) is 0 Å². The van der Waals surface area contributed by atoms with Crippen LogP contribution in [0.4, 0.5) is 0 Å². The molecule has 0 bridgehead atoms. The third-order valence-electron chi connectivity index (χ3n) is 4.82. The van der Waals surface area contributed by atoms with Crippen LogP contribution in [0.15, 0.2) is 33.7 Å². The molecule has 1 saturated heterocycles. The molecule has 1 aliphatic carbocycles. The molecule has 138 valence electrons. The fourth-order valence-electron chi connectivity index (χ4n) is 3.30. The third-order valence-corrected chi connectivity index (χ3v) is 5.35. The van der Waals surface area contributed by atoms with Crippen molar-refractivity contribution >= 4 is 51.8 Å². The fraction of sp³-hybridized carbons (Fsp3) is 0.556. The van der Waals surface area contributed by atoms with Gasteiger partial charge in [-0.1, -0.05) is 35.0 Å². The van der Waals surface area contributed by atoms with Crippen LogP contribution in [0.25, 0.3) is 0 Å². The summed E-state index contributed by atoms with van der Waals surface area (Å²) in [5.41, 5.74) is 1.37. The van der Waals surface area contributed by atoms with Gasteiger partial charge in [0.15, 0.2) is 5.96 Å². The quantitative estimate of drug-likeness (QED) is 0.364. The van der Waals surface area contributed by atoms with Crippen molar-refractivity contribution in [1.29, 1.82) is 0 Å². The number of carbonyl (C=O) groups excluding carboxylic acids is 1. The highest BCUT2D eigenvalue weighted by Gasteiger charge is 2.39. The smallest absolute Gasteiger partial charge is 0.222 e. The Morgan fingerprint density at radius 3 is 2.68 bits per heavy atom. The Kier molecular flexibility index (Phi) is 7.54. The molecule has 1 amide bonds. The molecule has 5 nitrogen and oxygen atoms in total. The van der Waals surface area contributed by atoms with E-state index in [-0.39, 0.29) is 35.9 Å². The molecule has 2 aliphatic rings. The summed E-state index contributed by atoms with van der Waals surface area (Å²) >= 11 is 3.48. The number of benzene rings is 1. The maximum absolute atomic E-state index is 11.8. The number of nitrogens with one attached hydrogen (secondary N) is 2. The first-order valence-electron chi connectivity index (χ1n) is 8.63. The Morgan fingerprint density at radius 1 is 1.32 bits per heavy atom. The summed E-state index contributed by atoms with van der Waals surface area (Å²) in [6.07, 6.45) is 2.69. The highest BCUT2D eigenvalue weighted by Crippen LogP contribution is 2.41. The van der Waals surface area contributed by atoms with Crippen molar-refractivity contribution in [2.75, 3.05) is 20.1 Å². The van der Waals surface area contributed by atoms with E-state index >= 15 is 0 Å². The maximum Gasteiger partial charge on any atom is 0.222 e. The summed E-state index contributed by atoms with van der Waals surface area (Å²) in [6.45, 7) is 3.53. The van der Waals surface area contributed by atoms with Gasteiger partial charge in [-0.3, -0.25) is 9.79 Å². The van der Waals surface area contributed by atoms with Crippen LogP contribution in [0.2, 0.25) is 0 Å². The molecule has 1 saturated carbocycles. The van der Waals surface area contributed by atoms with Gasteiger partial charge in [0, 0.05) is 49.0 Å². The largest absolute Gasteiger partial charge is 0.353 e. The average Bonchev–Trinajstić information content (AvgIpc) is 3.20. The zero-order valence-corrected chi connectivity index (χ0v) is 18.6. The Bertz CT molecular complexity index is 622. The van der Waals surface area contributed by atoms with Gasteiger partial charge >= 0.3 is 0 Å². The van der Waals surface area contributed by atoms with Gasteiger partial charge in [-0.15, -0.1) is 24.0 Å². The van der Waals surface area contributed by atoms with Crippen molar-refractivity contribution in [2.45, 2.75) is 44.2 Å². The van der Waals surface area contributed by atoms with E-state index in [2.05, 4.69) is 55.8 Å². The van der Waals surface area contributed by atoms with Crippen LogP contribution in [-0.2, 0) is 4.79 Å². The van der Waals surface area contributed by atoms with Crippen molar-refractivity contribution in [2.24, 2.45) is 4.99 Å².